The van der Waals surface area contributed by atoms with Crippen molar-refractivity contribution < 1.29 is 18.8 Å². The van der Waals surface area contributed by atoms with E-state index in [-0.39, 0.29) is 18.5 Å². The predicted molar refractivity (Wildman–Crippen MR) is 99.8 cm³/mol. The van der Waals surface area contributed by atoms with E-state index in [4.69, 9.17) is 4.74 Å². The zero-order valence-corrected chi connectivity index (χ0v) is 16.5. The molecule has 140 valence electrons. The lowest BCUT2D eigenvalue weighted by atomic mass is 9.71. The van der Waals surface area contributed by atoms with Gasteiger partial charge >= 0.3 is 5.97 Å². The van der Waals surface area contributed by atoms with Crippen molar-refractivity contribution in [1.29, 1.82) is 0 Å². The van der Waals surface area contributed by atoms with Crippen LogP contribution in [-0.2, 0) is 20.3 Å². The molecule has 25 heavy (non-hydrogen) atoms. The fourth-order valence-corrected chi connectivity index (χ4v) is 5.67. The maximum Gasteiger partial charge on any atom is 0.312 e. The van der Waals surface area contributed by atoms with E-state index >= 15 is 0 Å². The van der Waals surface area contributed by atoms with E-state index in [0.717, 1.165) is 18.4 Å². The molecular weight excluding hydrogens is 336 g/mol. The largest absolute Gasteiger partial charge is 0.466 e. The van der Waals surface area contributed by atoms with Gasteiger partial charge in [0.25, 0.3) is 0 Å². The van der Waals surface area contributed by atoms with E-state index in [1.54, 1.807) is 6.92 Å². The van der Waals surface area contributed by atoms with Crippen LogP contribution in [0.1, 0.15) is 52.0 Å². The van der Waals surface area contributed by atoms with Gasteiger partial charge in [-0.3, -0.25) is 9.00 Å². The molecule has 5 heteroatoms. The SMILES string of the molecule is CCOC(=O)[C@H](C(C)C)[C@@]1(O)CCCC[C@@H]1S(=O)c1ccc(C)cc1. The van der Waals surface area contributed by atoms with Crippen LogP contribution in [0.3, 0.4) is 0 Å². The molecule has 0 aliphatic heterocycles. The lowest BCUT2D eigenvalue weighted by molar-refractivity contribution is -0.164. The van der Waals surface area contributed by atoms with Crippen LogP contribution in [0.2, 0.25) is 0 Å². The van der Waals surface area contributed by atoms with Gasteiger partial charge in [-0.25, -0.2) is 0 Å². The minimum absolute atomic E-state index is 0.0836. The van der Waals surface area contributed by atoms with Crippen LogP contribution in [0.4, 0.5) is 0 Å². The van der Waals surface area contributed by atoms with Gasteiger partial charge in [0, 0.05) is 4.90 Å². The van der Waals surface area contributed by atoms with Crippen LogP contribution < -0.4 is 0 Å². The molecule has 0 heterocycles. The molecule has 0 amide bonds. The van der Waals surface area contributed by atoms with E-state index in [1.165, 1.54) is 0 Å². The van der Waals surface area contributed by atoms with Crippen molar-refractivity contribution in [3.63, 3.8) is 0 Å². The Hall–Kier alpha value is -1.20. The molecule has 1 unspecified atom stereocenters. The molecule has 1 aliphatic carbocycles. The third kappa shape index (κ3) is 4.32. The molecule has 1 saturated carbocycles. The molecular formula is C20H30O4S. The smallest absolute Gasteiger partial charge is 0.312 e. The van der Waals surface area contributed by atoms with E-state index in [9.17, 15) is 14.1 Å². The van der Waals surface area contributed by atoms with Crippen molar-refractivity contribution >= 4 is 16.8 Å². The molecule has 1 aromatic rings. The van der Waals surface area contributed by atoms with Crippen molar-refractivity contribution in [2.75, 3.05) is 6.61 Å². The number of hydrogen-bond donors (Lipinski definition) is 1. The second-order valence-corrected chi connectivity index (χ2v) is 8.95. The predicted octanol–water partition coefficient (Wildman–Crippen LogP) is 3.61. The van der Waals surface area contributed by atoms with Gasteiger partial charge in [-0.05, 0) is 44.7 Å². The summed E-state index contributed by atoms with van der Waals surface area (Å²) in [5.41, 5.74) is -0.194. The molecule has 1 aliphatic rings. The summed E-state index contributed by atoms with van der Waals surface area (Å²) in [6.45, 7) is 7.87. The fourth-order valence-electron chi connectivity index (χ4n) is 3.92. The number of rotatable bonds is 6. The van der Waals surface area contributed by atoms with E-state index < -0.39 is 27.6 Å². The molecule has 4 nitrogen and oxygen atoms in total. The summed E-state index contributed by atoms with van der Waals surface area (Å²) in [5, 5.41) is 11.1. The third-order valence-electron chi connectivity index (χ3n) is 5.11. The molecule has 1 N–H and O–H groups in total. The van der Waals surface area contributed by atoms with Gasteiger partial charge in [0.15, 0.2) is 0 Å². The Morgan fingerprint density at radius 2 is 1.96 bits per heavy atom. The number of ether oxygens (including phenoxy) is 1. The molecule has 0 saturated heterocycles. The van der Waals surface area contributed by atoms with Gasteiger partial charge in [0.1, 0.15) is 0 Å². The number of carbonyl (C=O) groups excluding carboxylic acids is 1. The number of benzene rings is 1. The van der Waals surface area contributed by atoms with Crippen molar-refractivity contribution in [3.05, 3.63) is 29.8 Å². The monoisotopic (exact) mass is 366 g/mol. The topological polar surface area (TPSA) is 63.6 Å². The average molecular weight is 367 g/mol. The quantitative estimate of drug-likeness (QED) is 0.781. The standard InChI is InChI=1S/C20H30O4S/c1-5-24-19(21)18(14(2)3)20(22)13-7-6-8-17(20)25(23)16-11-9-15(4)10-12-16/h9-12,14,17-18,22H,5-8,13H2,1-4H3/t17-,18-,20+,25?/m0/s1. The van der Waals surface area contributed by atoms with Crippen LogP contribution >= 0.6 is 0 Å². The van der Waals surface area contributed by atoms with Crippen molar-refractivity contribution in [2.24, 2.45) is 11.8 Å². The van der Waals surface area contributed by atoms with Gasteiger partial charge < -0.3 is 9.84 Å². The summed E-state index contributed by atoms with van der Waals surface area (Å²) in [4.78, 5) is 13.3. The number of hydrogen-bond acceptors (Lipinski definition) is 4. The van der Waals surface area contributed by atoms with Crippen molar-refractivity contribution in [1.82, 2.24) is 0 Å². The number of aliphatic hydroxyl groups is 1. The van der Waals surface area contributed by atoms with Crippen LogP contribution in [-0.4, -0.2) is 32.7 Å². The Morgan fingerprint density at radius 1 is 1.32 bits per heavy atom. The van der Waals surface area contributed by atoms with Gasteiger partial charge in [0.2, 0.25) is 0 Å². The van der Waals surface area contributed by atoms with E-state index in [0.29, 0.717) is 17.7 Å². The first-order chi connectivity index (χ1) is 11.8. The first-order valence-corrected chi connectivity index (χ1v) is 10.4. The lowest BCUT2D eigenvalue weighted by Gasteiger charge is -2.45. The summed E-state index contributed by atoms with van der Waals surface area (Å²) < 4.78 is 18.5. The Morgan fingerprint density at radius 3 is 2.52 bits per heavy atom. The van der Waals surface area contributed by atoms with Gasteiger partial charge in [-0.2, -0.15) is 0 Å². The van der Waals surface area contributed by atoms with E-state index in [2.05, 4.69) is 0 Å². The minimum atomic E-state index is -1.36. The Kier molecular flexibility index (Phi) is 6.80. The highest BCUT2D eigenvalue weighted by molar-refractivity contribution is 7.85. The molecule has 2 rings (SSSR count). The van der Waals surface area contributed by atoms with Crippen LogP contribution in [0.5, 0.6) is 0 Å². The Bertz CT molecular complexity index is 611. The second kappa shape index (κ2) is 8.45. The van der Waals surface area contributed by atoms with Crippen molar-refractivity contribution in [3.8, 4) is 0 Å². The van der Waals surface area contributed by atoms with Gasteiger partial charge in [-0.1, -0.05) is 44.4 Å². The first kappa shape index (κ1) is 20.1. The summed E-state index contributed by atoms with van der Waals surface area (Å²) in [5.74, 6) is -1.13. The summed E-state index contributed by atoms with van der Waals surface area (Å²) in [6, 6.07) is 7.57. The fraction of sp³-hybridized carbons (Fsp3) is 0.650. The minimum Gasteiger partial charge on any atom is -0.466 e. The van der Waals surface area contributed by atoms with Crippen LogP contribution in [0.15, 0.2) is 29.2 Å². The molecule has 1 fully saturated rings. The maximum atomic E-state index is 13.2. The average Bonchev–Trinajstić information content (AvgIpc) is 2.55. The second-order valence-electron chi connectivity index (χ2n) is 7.31. The first-order valence-electron chi connectivity index (χ1n) is 9.17. The zero-order chi connectivity index (χ0) is 18.6. The molecule has 0 bridgehead atoms. The van der Waals surface area contributed by atoms with Gasteiger partial charge in [-0.15, -0.1) is 0 Å². The Balaban J connectivity index is 2.38. The molecule has 0 aromatic heterocycles. The van der Waals surface area contributed by atoms with E-state index in [1.807, 2.05) is 45.0 Å². The number of esters is 1. The number of aryl methyl sites for hydroxylation is 1. The van der Waals surface area contributed by atoms with Crippen molar-refractivity contribution in [2.45, 2.75) is 69.1 Å². The lowest BCUT2D eigenvalue weighted by Crippen LogP contribution is -2.57. The zero-order valence-electron chi connectivity index (χ0n) is 15.7. The number of carbonyl (C=O) groups is 1. The third-order valence-corrected chi connectivity index (χ3v) is 7.01. The summed E-state index contributed by atoms with van der Waals surface area (Å²) in [6.07, 6.45) is 2.88. The highest BCUT2D eigenvalue weighted by Gasteiger charge is 2.52. The normalized spacial score (nSPS) is 26.2. The van der Waals surface area contributed by atoms with Crippen LogP contribution in [0.25, 0.3) is 0 Å². The molecule has 4 atom stereocenters. The maximum absolute atomic E-state index is 13.2. The summed E-state index contributed by atoms with van der Waals surface area (Å²) >= 11 is 0. The highest BCUT2D eigenvalue weighted by Crippen LogP contribution is 2.42. The molecule has 1 aromatic carbocycles. The van der Waals surface area contributed by atoms with Crippen LogP contribution in [0, 0.1) is 18.8 Å². The Labute approximate surface area is 153 Å². The van der Waals surface area contributed by atoms with Gasteiger partial charge in [0.05, 0.1) is 34.2 Å². The molecule has 0 spiro atoms. The summed E-state index contributed by atoms with van der Waals surface area (Å²) in [7, 11) is -1.36. The highest BCUT2D eigenvalue weighted by atomic mass is 32.2. The molecule has 0 radical (unpaired) electrons.